The van der Waals surface area contributed by atoms with E-state index < -0.39 is 4.92 Å². The molecule has 0 saturated heterocycles. The highest BCUT2D eigenvalue weighted by Crippen LogP contribution is 2.15. The predicted octanol–water partition coefficient (Wildman–Crippen LogP) is 4.13. The topological polar surface area (TPSA) is 132 Å². The van der Waals surface area contributed by atoms with E-state index in [2.05, 4.69) is 0 Å². The number of benzene rings is 3. The zero-order valence-corrected chi connectivity index (χ0v) is 14.9. The molecular formula is C22H12N4O3. The first-order valence-electron chi connectivity index (χ1n) is 8.18. The van der Waals surface area contributed by atoms with E-state index in [1.165, 1.54) is 42.5 Å². The summed E-state index contributed by atoms with van der Waals surface area (Å²) in [5, 5.41) is 36.0. The van der Waals surface area contributed by atoms with Gasteiger partial charge in [-0.2, -0.15) is 15.8 Å². The van der Waals surface area contributed by atoms with E-state index in [9.17, 15) is 14.9 Å². The Labute approximate surface area is 166 Å². The van der Waals surface area contributed by atoms with Crippen LogP contribution in [0.3, 0.4) is 0 Å². The van der Waals surface area contributed by atoms with Gasteiger partial charge in [-0.1, -0.05) is 30.3 Å². The number of carbonyl (C=O) groups excluding carboxylic acids is 1. The lowest BCUT2D eigenvalue weighted by Gasteiger charge is -2.00. The van der Waals surface area contributed by atoms with Gasteiger partial charge in [0, 0.05) is 23.3 Å². The molecule has 0 atom stereocenters. The third kappa shape index (κ3) is 5.59. The van der Waals surface area contributed by atoms with E-state index in [0.29, 0.717) is 27.8 Å². The number of nitriles is 3. The molecule has 0 N–H and O–H groups in total. The normalized spacial score (nSPS) is 9.00. The summed E-state index contributed by atoms with van der Waals surface area (Å²) < 4.78 is 0. The van der Waals surface area contributed by atoms with Crippen LogP contribution in [0, 0.1) is 44.1 Å². The molecule has 0 aromatic heterocycles. The minimum atomic E-state index is -0.489. The first-order valence-corrected chi connectivity index (χ1v) is 8.18. The molecule has 7 nitrogen and oxygen atoms in total. The molecule has 0 aliphatic rings. The van der Waals surface area contributed by atoms with Crippen LogP contribution in [0.15, 0.2) is 72.8 Å². The Kier molecular flexibility index (Phi) is 6.91. The Balaban J connectivity index is 0.000000221. The predicted molar refractivity (Wildman–Crippen MR) is 104 cm³/mol. The van der Waals surface area contributed by atoms with Gasteiger partial charge in [-0.15, -0.1) is 0 Å². The minimum Gasteiger partial charge on any atom is -0.289 e. The van der Waals surface area contributed by atoms with E-state index in [1.54, 1.807) is 24.3 Å². The Morgan fingerprint density at radius 1 is 0.724 bits per heavy atom. The molecule has 138 valence electrons. The zero-order valence-electron chi connectivity index (χ0n) is 14.9. The number of nitrogens with zero attached hydrogens (tertiary/aromatic N) is 4. The van der Waals surface area contributed by atoms with Crippen LogP contribution in [0.2, 0.25) is 0 Å². The lowest BCUT2D eigenvalue weighted by molar-refractivity contribution is -0.384. The first kappa shape index (κ1) is 20.5. The van der Waals surface area contributed by atoms with E-state index in [0.717, 1.165) is 0 Å². The molecule has 7 heteroatoms. The second kappa shape index (κ2) is 9.78. The highest BCUT2D eigenvalue weighted by Gasteiger charge is 2.10. The van der Waals surface area contributed by atoms with Crippen molar-refractivity contribution in [3.8, 4) is 18.2 Å². The Morgan fingerprint density at radius 3 is 1.52 bits per heavy atom. The van der Waals surface area contributed by atoms with Gasteiger partial charge in [-0.05, 0) is 30.3 Å². The van der Waals surface area contributed by atoms with Crippen molar-refractivity contribution in [3.05, 3.63) is 111 Å². The van der Waals surface area contributed by atoms with Crippen LogP contribution in [0.5, 0.6) is 0 Å². The summed E-state index contributed by atoms with van der Waals surface area (Å²) in [4.78, 5) is 21.9. The van der Waals surface area contributed by atoms with Crippen molar-refractivity contribution >= 4 is 11.5 Å². The van der Waals surface area contributed by atoms with Gasteiger partial charge in [0.25, 0.3) is 5.69 Å². The number of carbonyl (C=O) groups is 1. The molecular weight excluding hydrogens is 368 g/mol. The number of ketones is 1. The molecule has 0 bridgehead atoms. The molecule has 0 fully saturated rings. The van der Waals surface area contributed by atoms with Crippen LogP contribution in [-0.2, 0) is 0 Å². The number of hydrogen-bond donors (Lipinski definition) is 0. The maximum absolute atomic E-state index is 12.0. The van der Waals surface area contributed by atoms with Crippen molar-refractivity contribution in [1.82, 2.24) is 0 Å². The molecule has 29 heavy (non-hydrogen) atoms. The second-order valence-corrected chi connectivity index (χ2v) is 5.63. The number of nitro groups is 1. The third-order valence-electron chi connectivity index (χ3n) is 3.70. The fourth-order valence-corrected chi connectivity index (χ4v) is 2.31. The quantitative estimate of drug-likeness (QED) is 0.381. The average Bonchev–Trinajstić information content (AvgIpc) is 2.79. The molecule has 0 unspecified atom stereocenters. The van der Waals surface area contributed by atoms with Crippen molar-refractivity contribution in [2.75, 3.05) is 0 Å². The lowest BCUT2D eigenvalue weighted by Crippen LogP contribution is -2.00. The average molecular weight is 380 g/mol. The van der Waals surface area contributed by atoms with Crippen LogP contribution in [-0.4, -0.2) is 10.7 Å². The maximum Gasteiger partial charge on any atom is 0.269 e. The largest absolute Gasteiger partial charge is 0.289 e. The number of non-ortho nitro benzene ring substituents is 1. The Bertz CT molecular complexity index is 1090. The van der Waals surface area contributed by atoms with Crippen molar-refractivity contribution in [2.45, 2.75) is 0 Å². The molecule has 3 aromatic carbocycles. The molecule has 0 spiro atoms. The molecule has 0 saturated carbocycles. The summed E-state index contributed by atoms with van der Waals surface area (Å²) in [7, 11) is 0. The van der Waals surface area contributed by atoms with Gasteiger partial charge in [0.1, 0.15) is 0 Å². The Hall–Kier alpha value is -4.80. The lowest BCUT2D eigenvalue weighted by atomic mass is 10.0. The molecule has 0 aliphatic carbocycles. The van der Waals surface area contributed by atoms with Crippen LogP contribution >= 0.6 is 0 Å². The number of rotatable bonds is 3. The third-order valence-corrected chi connectivity index (χ3v) is 3.70. The monoisotopic (exact) mass is 380 g/mol. The minimum absolute atomic E-state index is 0.0189. The molecule has 3 rings (SSSR count). The van der Waals surface area contributed by atoms with Crippen LogP contribution in [0.25, 0.3) is 0 Å². The van der Waals surface area contributed by atoms with Gasteiger partial charge < -0.3 is 0 Å². The van der Waals surface area contributed by atoms with Crippen molar-refractivity contribution in [1.29, 1.82) is 15.8 Å². The highest BCUT2D eigenvalue weighted by molar-refractivity contribution is 6.09. The van der Waals surface area contributed by atoms with E-state index in [1.807, 2.05) is 24.3 Å². The SMILES string of the molecule is N#Cc1cc(C#N)cc(C#N)c1.O=C(c1ccccc1)c1ccc([N+](=O)[O-])cc1. The number of nitro benzene ring substituents is 1. The molecule has 0 amide bonds. The molecule has 0 heterocycles. The van der Waals surface area contributed by atoms with E-state index in [4.69, 9.17) is 15.8 Å². The van der Waals surface area contributed by atoms with Gasteiger partial charge in [0.2, 0.25) is 0 Å². The first-order chi connectivity index (χ1) is 14.0. The fourth-order valence-electron chi connectivity index (χ4n) is 2.31. The van der Waals surface area contributed by atoms with Gasteiger partial charge in [0.05, 0.1) is 39.8 Å². The van der Waals surface area contributed by atoms with Gasteiger partial charge in [-0.25, -0.2) is 0 Å². The molecule has 3 aromatic rings. The summed E-state index contributed by atoms with van der Waals surface area (Å²) in [5.41, 5.74) is 2.01. The second-order valence-electron chi connectivity index (χ2n) is 5.63. The van der Waals surface area contributed by atoms with Crippen LogP contribution < -0.4 is 0 Å². The zero-order chi connectivity index (χ0) is 21.2. The Morgan fingerprint density at radius 2 is 1.14 bits per heavy atom. The summed E-state index contributed by atoms with van der Waals surface area (Å²) in [5.74, 6) is -0.138. The van der Waals surface area contributed by atoms with Crippen molar-refractivity contribution in [3.63, 3.8) is 0 Å². The van der Waals surface area contributed by atoms with Crippen LogP contribution in [0.1, 0.15) is 32.6 Å². The van der Waals surface area contributed by atoms with E-state index in [-0.39, 0.29) is 11.5 Å². The summed E-state index contributed by atoms with van der Waals surface area (Å²) in [6.45, 7) is 0. The summed E-state index contributed by atoms with van der Waals surface area (Å²) >= 11 is 0. The smallest absolute Gasteiger partial charge is 0.269 e. The van der Waals surface area contributed by atoms with Gasteiger partial charge >= 0.3 is 0 Å². The highest BCUT2D eigenvalue weighted by atomic mass is 16.6. The van der Waals surface area contributed by atoms with Crippen molar-refractivity contribution in [2.24, 2.45) is 0 Å². The van der Waals surface area contributed by atoms with Crippen LogP contribution in [0.4, 0.5) is 5.69 Å². The number of hydrogen-bond acceptors (Lipinski definition) is 6. The van der Waals surface area contributed by atoms with Crippen molar-refractivity contribution < 1.29 is 9.72 Å². The molecule has 0 radical (unpaired) electrons. The summed E-state index contributed by atoms with van der Waals surface area (Å²) in [6.07, 6.45) is 0. The van der Waals surface area contributed by atoms with E-state index >= 15 is 0 Å². The van der Waals surface area contributed by atoms with Gasteiger partial charge in [0.15, 0.2) is 5.78 Å². The molecule has 0 aliphatic heterocycles. The fraction of sp³-hybridized carbons (Fsp3) is 0. The maximum atomic E-state index is 12.0. The van der Waals surface area contributed by atoms with Gasteiger partial charge in [-0.3, -0.25) is 14.9 Å². The summed E-state index contributed by atoms with van der Waals surface area (Å²) in [6, 6.07) is 24.4. The standard InChI is InChI=1S/C13H9NO3.C9H3N3/c15-13(10-4-2-1-3-5-10)11-6-8-12(9-7-11)14(16)17;10-4-7-1-8(5-11)3-9(2-7)6-12/h1-9H;1-3H.